The molecule has 0 aliphatic carbocycles. The first-order chi connectivity index (χ1) is 14.0. The molecule has 0 aliphatic heterocycles. The second kappa shape index (κ2) is 10.2. The topological polar surface area (TPSA) is 71.1 Å². The van der Waals surface area contributed by atoms with E-state index in [9.17, 15) is 14.0 Å². The summed E-state index contributed by atoms with van der Waals surface area (Å²) in [6, 6.07) is 16.5. The van der Waals surface area contributed by atoms with Gasteiger partial charge in [0.2, 0.25) is 5.91 Å². The average Bonchev–Trinajstić information content (AvgIpc) is 2.72. The molecule has 1 heterocycles. The first-order valence-electron chi connectivity index (χ1n) is 8.72. The van der Waals surface area contributed by atoms with Crippen LogP contribution in [0, 0.1) is 5.82 Å². The maximum absolute atomic E-state index is 13.7. The molecular weight excluding hydrogens is 457 g/mol. The fourth-order valence-corrected chi connectivity index (χ4v) is 3.96. The summed E-state index contributed by atoms with van der Waals surface area (Å²) in [6.07, 6.45) is 1.74. The van der Waals surface area contributed by atoms with Gasteiger partial charge in [-0.15, -0.1) is 11.8 Å². The minimum absolute atomic E-state index is 0.199. The van der Waals surface area contributed by atoms with E-state index in [-0.39, 0.29) is 23.7 Å². The van der Waals surface area contributed by atoms with Gasteiger partial charge in [-0.1, -0.05) is 18.2 Å². The summed E-state index contributed by atoms with van der Waals surface area (Å²) in [5.74, 6) is -0.682. The number of amides is 2. The lowest BCUT2D eigenvalue weighted by atomic mass is 10.2. The Balaban J connectivity index is 1.62. The molecule has 1 aromatic heterocycles. The molecule has 3 aromatic rings. The van der Waals surface area contributed by atoms with Crippen LogP contribution in [0.15, 0.2) is 76.2 Å². The summed E-state index contributed by atoms with van der Waals surface area (Å²) in [6.45, 7) is 0. The zero-order valence-corrected chi connectivity index (χ0v) is 17.6. The molecule has 5 nitrogen and oxygen atoms in total. The highest BCUT2D eigenvalue weighted by molar-refractivity contribution is 9.10. The van der Waals surface area contributed by atoms with E-state index >= 15 is 0 Å². The number of halogens is 2. The number of nitrogens with one attached hydrogen (secondary N) is 2. The third-order valence-electron chi connectivity index (χ3n) is 3.82. The van der Waals surface area contributed by atoms with Crippen molar-refractivity contribution in [2.75, 3.05) is 16.4 Å². The standard InChI is InChI=1S/C21H17BrFN3O2S/c22-15-5-1-2-7-19(15)29-12-10-20(27)25-18-13-14(23)8-9-16(18)26-21(28)17-6-3-4-11-24-17/h1-9,11,13H,10,12H2,(H,25,27)(H,26,28). The average molecular weight is 474 g/mol. The monoisotopic (exact) mass is 473 g/mol. The molecule has 0 bridgehead atoms. The Labute approximate surface area is 180 Å². The minimum Gasteiger partial charge on any atom is -0.324 e. The Kier molecular flexibility index (Phi) is 7.37. The van der Waals surface area contributed by atoms with E-state index in [1.165, 1.54) is 24.4 Å². The number of carbonyl (C=O) groups excluding carboxylic acids is 2. The van der Waals surface area contributed by atoms with Crippen LogP contribution < -0.4 is 10.6 Å². The number of thioether (sulfide) groups is 1. The van der Waals surface area contributed by atoms with Crippen molar-refractivity contribution in [2.24, 2.45) is 0 Å². The van der Waals surface area contributed by atoms with E-state index in [4.69, 9.17) is 0 Å². The van der Waals surface area contributed by atoms with Gasteiger partial charge < -0.3 is 10.6 Å². The molecule has 0 spiro atoms. The Morgan fingerprint density at radius 2 is 1.79 bits per heavy atom. The Morgan fingerprint density at radius 1 is 1.00 bits per heavy atom. The third kappa shape index (κ3) is 6.13. The van der Waals surface area contributed by atoms with Crippen molar-refractivity contribution in [3.63, 3.8) is 0 Å². The number of hydrogen-bond acceptors (Lipinski definition) is 4. The molecule has 0 aliphatic rings. The zero-order valence-electron chi connectivity index (χ0n) is 15.2. The summed E-state index contributed by atoms with van der Waals surface area (Å²) in [5.41, 5.74) is 0.720. The maximum atomic E-state index is 13.7. The number of aromatic nitrogens is 1. The second-order valence-corrected chi connectivity index (χ2v) is 7.93. The zero-order chi connectivity index (χ0) is 20.6. The van der Waals surface area contributed by atoms with Crippen molar-refractivity contribution in [1.29, 1.82) is 0 Å². The summed E-state index contributed by atoms with van der Waals surface area (Å²) in [4.78, 5) is 29.6. The van der Waals surface area contributed by atoms with Gasteiger partial charge in [-0.25, -0.2) is 4.39 Å². The van der Waals surface area contributed by atoms with Crippen molar-refractivity contribution in [2.45, 2.75) is 11.3 Å². The van der Waals surface area contributed by atoms with E-state index in [2.05, 4.69) is 31.5 Å². The normalized spacial score (nSPS) is 10.4. The Bertz CT molecular complexity index is 1020. The lowest BCUT2D eigenvalue weighted by Crippen LogP contribution is -2.17. The first kappa shape index (κ1) is 21.0. The predicted octanol–water partition coefficient (Wildman–Crippen LogP) is 5.36. The summed E-state index contributed by atoms with van der Waals surface area (Å²) in [7, 11) is 0. The van der Waals surface area contributed by atoms with Crippen LogP contribution in [0.25, 0.3) is 0 Å². The van der Waals surface area contributed by atoms with Gasteiger partial charge in [-0.3, -0.25) is 14.6 Å². The number of pyridine rings is 1. The van der Waals surface area contributed by atoms with Crippen LogP contribution in [0.1, 0.15) is 16.9 Å². The van der Waals surface area contributed by atoms with Gasteiger partial charge in [-0.05, 0) is 58.4 Å². The van der Waals surface area contributed by atoms with Gasteiger partial charge >= 0.3 is 0 Å². The first-order valence-corrected chi connectivity index (χ1v) is 10.5. The molecule has 3 rings (SSSR count). The van der Waals surface area contributed by atoms with Crippen LogP contribution in [0.5, 0.6) is 0 Å². The molecule has 8 heteroatoms. The van der Waals surface area contributed by atoms with E-state index in [1.807, 2.05) is 24.3 Å². The van der Waals surface area contributed by atoms with Crippen molar-refractivity contribution in [3.8, 4) is 0 Å². The van der Waals surface area contributed by atoms with Crippen LogP contribution in [-0.2, 0) is 4.79 Å². The Morgan fingerprint density at radius 3 is 2.55 bits per heavy atom. The fraction of sp³-hybridized carbons (Fsp3) is 0.0952. The number of nitrogens with zero attached hydrogens (tertiary/aromatic N) is 1. The minimum atomic E-state index is -0.515. The van der Waals surface area contributed by atoms with Crippen LogP contribution in [0.3, 0.4) is 0 Å². The molecule has 29 heavy (non-hydrogen) atoms. The van der Waals surface area contributed by atoms with Crippen molar-refractivity contribution in [1.82, 2.24) is 4.98 Å². The largest absolute Gasteiger partial charge is 0.324 e. The molecular formula is C21H17BrFN3O2S. The number of carbonyl (C=O) groups is 2. The maximum Gasteiger partial charge on any atom is 0.274 e. The van der Waals surface area contributed by atoms with Crippen LogP contribution in [0.4, 0.5) is 15.8 Å². The number of hydrogen-bond donors (Lipinski definition) is 2. The molecule has 2 N–H and O–H groups in total. The molecule has 0 atom stereocenters. The molecule has 0 radical (unpaired) electrons. The summed E-state index contributed by atoms with van der Waals surface area (Å²) < 4.78 is 14.7. The molecule has 2 aromatic carbocycles. The molecule has 0 unspecified atom stereocenters. The van der Waals surface area contributed by atoms with Crippen molar-refractivity contribution in [3.05, 3.63) is 82.8 Å². The van der Waals surface area contributed by atoms with Gasteiger partial charge in [0.1, 0.15) is 11.5 Å². The lowest BCUT2D eigenvalue weighted by molar-refractivity contribution is -0.115. The van der Waals surface area contributed by atoms with Crippen molar-refractivity contribution < 1.29 is 14.0 Å². The number of rotatable bonds is 7. The quantitative estimate of drug-likeness (QED) is 0.453. The molecule has 0 saturated heterocycles. The van der Waals surface area contributed by atoms with Crippen LogP contribution >= 0.6 is 27.7 Å². The van der Waals surface area contributed by atoms with Crippen molar-refractivity contribution >= 4 is 50.9 Å². The molecule has 0 saturated carbocycles. The smallest absolute Gasteiger partial charge is 0.274 e. The van der Waals surface area contributed by atoms with Gasteiger partial charge in [0.05, 0.1) is 11.4 Å². The van der Waals surface area contributed by atoms with E-state index in [1.54, 1.807) is 30.0 Å². The van der Waals surface area contributed by atoms with E-state index in [0.29, 0.717) is 11.4 Å². The highest BCUT2D eigenvalue weighted by Gasteiger charge is 2.13. The highest BCUT2D eigenvalue weighted by Crippen LogP contribution is 2.28. The lowest BCUT2D eigenvalue weighted by Gasteiger charge is -2.12. The molecule has 2 amide bonds. The van der Waals surface area contributed by atoms with Gasteiger partial charge in [0.25, 0.3) is 5.91 Å². The molecule has 148 valence electrons. The fourth-order valence-electron chi connectivity index (χ4n) is 2.44. The van der Waals surface area contributed by atoms with E-state index in [0.717, 1.165) is 9.37 Å². The SMILES string of the molecule is O=C(CCSc1ccccc1Br)Nc1cc(F)ccc1NC(=O)c1ccccn1. The third-order valence-corrected chi connectivity index (χ3v) is 5.85. The van der Waals surface area contributed by atoms with Gasteiger partial charge in [0.15, 0.2) is 0 Å². The Hall–Kier alpha value is -2.71. The summed E-state index contributed by atoms with van der Waals surface area (Å²) in [5, 5.41) is 5.32. The van der Waals surface area contributed by atoms with Gasteiger partial charge in [-0.2, -0.15) is 0 Å². The molecule has 0 fully saturated rings. The van der Waals surface area contributed by atoms with E-state index < -0.39 is 11.7 Å². The van der Waals surface area contributed by atoms with Crippen LogP contribution in [0.2, 0.25) is 0 Å². The predicted molar refractivity (Wildman–Crippen MR) is 117 cm³/mol. The van der Waals surface area contributed by atoms with Gasteiger partial charge in [0, 0.05) is 27.7 Å². The number of anilines is 2. The second-order valence-electron chi connectivity index (χ2n) is 5.94. The highest BCUT2D eigenvalue weighted by atomic mass is 79.9. The van der Waals surface area contributed by atoms with Crippen LogP contribution in [-0.4, -0.2) is 22.6 Å². The number of benzene rings is 2. The summed E-state index contributed by atoms with van der Waals surface area (Å²) >= 11 is 5.01.